The normalized spacial score (nSPS) is 25.7. The van der Waals surface area contributed by atoms with Gasteiger partial charge >= 0.3 is 0 Å². The van der Waals surface area contributed by atoms with Gasteiger partial charge in [0.05, 0.1) is 5.22 Å². The lowest BCUT2D eigenvalue weighted by Crippen LogP contribution is -2.34. The molecule has 2 heteroatoms. The molecule has 0 aliphatic carbocycles. The largest absolute Gasteiger partial charge is 0.376 e. The van der Waals surface area contributed by atoms with E-state index in [4.69, 9.17) is 4.74 Å². The van der Waals surface area contributed by atoms with Gasteiger partial charge in [-0.25, -0.2) is 0 Å². The van der Waals surface area contributed by atoms with Crippen LogP contribution >= 0.6 is 0 Å². The fourth-order valence-electron chi connectivity index (χ4n) is 2.39. The summed E-state index contributed by atoms with van der Waals surface area (Å²) in [5.41, 5.74) is 2.55. The maximum absolute atomic E-state index is 5.94. The van der Waals surface area contributed by atoms with E-state index in [2.05, 4.69) is 49.4 Å². The van der Waals surface area contributed by atoms with E-state index in [0.29, 0.717) is 0 Å². The van der Waals surface area contributed by atoms with Gasteiger partial charge in [-0.1, -0.05) is 54.1 Å². The number of hydrogen-bond donors (Lipinski definition) is 0. The Bertz CT molecular complexity index is 428. The molecule has 1 nitrogen and oxygen atoms in total. The van der Waals surface area contributed by atoms with Crippen LogP contribution in [0.1, 0.15) is 31.7 Å². The first-order valence-corrected chi connectivity index (χ1v) is 7.75. The zero-order valence-corrected chi connectivity index (χ0v) is 13.4. The zero-order valence-electron chi connectivity index (χ0n) is 11.4. The fraction of sp³-hybridized carbons (Fsp3) is 0.375. The third-order valence-electron chi connectivity index (χ3n) is 3.37. The van der Waals surface area contributed by atoms with Gasteiger partial charge in [0.1, 0.15) is 0 Å². The van der Waals surface area contributed by atoms with Crippen LogP contribution in [0.15, 0.2) is 48.1 Å². The Balaban J connectivity index is 2.02. The summed E-state index contributed by atoms with van der Waals surface area (Å²) in [6, 6.07) is 10.4. The average molecular weight is 258 g/mol. The van der Waals surface area contributed by atoms with E-state index >= 15 is 0 Å². The molecule has 1 heterocycles. The number of allylic oxidation sites excluding steroid dienone is 2. The molecule has 1 atom stereocenters. The average Bonchev–Trinajstić information content (AvgIpc) is 2.38. The van der Waals surface area contributed by atoms with Crippen LogP contribution < -0.4 is 0 Å². The molecule has 18 heavy (non-hydrogen) atoms. The summed E-state index contributed by atoms with van der Waals surface area (Å²) in [6.07, 6.45) is 10.4. The molecular formula is C16H22OSi. The van der Waals surface area contributed by atoms with Gasteiger partial charge in [-0.2, -0.15) is 0 Å². The maximum atomic E-state index is 5.94. The van der Waals surface area contributed by atoms with E-state index in [-0.39, 0.29) is 5.22 Å². The molecule has 2 rings (SSSR count). The van der Waals surface area contributed by atoms with Crippen molar-refractivity contribution in [2.75, 3.05) is 6.61 Å². The van der Waals surface area contributed by atoms with E-state index in [1.807, 2.05) is 6.07 Å². The molecule has 0 aromatic heterocycles. The van der Waals surface area contributed by atoms with Crippen LogP contribution in [-0.2, 0) is 4.74 Å². The highest BCUT2D eigenvalue weighted by Crippen LogP contribution is 2.24. The van der Waals surface area contributed by atoms with E-state index in [0.717, 1.165) is 16.8 Å². The minimum absolute atomic E-state index is 0.0728. The van der Waals surface area contributed by atoms with E-state index in [1.165, 1.54) is 30.4 Å². The van der Waals surface area contributed by atoms with Crippen LogP contribution in [0.25, 0.3) is 6.08 Å². The molecule has 1 aromatic rings. The number of benzene rings is 1. The molecule has 0 saturated carbocycles. The lowest BCUT2D eigenvalue weighted by molar-refractivity contribution is 0.0150. The summed E-state index contributed by atoms with van der Waals surface area (Å²) in [5.74, 6) is 0. The highest BCUT2D eigenvalue weighted by molar-refractivity contribution is 6.16. The first-order valence-electron chi connectivity index (χ1n) is 6.75. The van der Waals surface area contributed by atoms with Crippen LogP contribution in [0.2, 0.25) is 0 Å². The van der Waals surface area contributed by atoms with Crippen LogP contribution in [-0.4, -0.2) is 22.1 Å². The minimum Gasteiger partial charge on any atom is -0.376 e. The first-order chi connectivity index (χ1) is 8.68. The molecule has 1 fully saturated rings. The number of ether oxygens (including phenoxy) is 1. The predicted molar refractivity (Wildman–Crippen MR) is 81.7 cm³/mol. The molecule has 1 unspecified atom stereocenters. The molecule has 1 aliphatic heterocycles. The molecule has 0 N–H and O–H groups in total. The fourth-order valence-corrected chi connectivity index (χ4v) is 3.40. The van der Waals surface area contributed by atoms with Crippen LogP contribution in [0.5, 0.6) is 0 Å². The lowest BCUT2D eigenvalue weighted by Gasteiger charge is -2.31. The van der Waals surface area contributed by atoms with Gasteiger partial charge < -0.3 is 4.74 Å². The highest BCUT2D eigenvalue weighted by Gasteiger charge is 2.24. The molecule has 96 valence electrons. The van der Waals surface area contributed by atoms with Gasteiger partial charge in [0.2, 0.25) is 0 Å². The second kappa shape index (κ2) is 6.16. The predicted octanol–water partition coefficient (Wildman–Crippen LogP) is 2.91. The van der Waals surface area contributed by atoms with Crippen molar-refractivity contribution in [3.05, 3.63) is 53.6 Å². The summed E-state index contributed by atoms with van der Waals surface area (Å²) in [7, 11) is 1.07. The Morgan fingerprint density at radius 1 is 1.28 bits per heavy atom. The molecular weight excluding hydrogens is 236 g/mol. The highest BCUT2D eigenvalue weighted by atomic mass is 28.1. The molecule has 1 aliphatic rings. The SMILES string of the molecule is CC(C=Cc1ccccc1)=CC1([SiH3])CCCCO1. The first kappa shape index (κ1) is 13.3. The Morgan fingerprint density at radius 2 is 2.06 bits per heavy atom. The van der Waals surface area contributed by atoms with Crippen LogP contribution in [0, 0.1) is 0 Å². The Labute approximate surface area is 113 Å². The topological polar surface area (TPSA) is 9.23 Å². The van der Waals surface area contributed by atoms with Gasteiger partial charge in [-0.3, -0.25) is 0 Å². The molecule has 0 radical (unpaired) electrons. The molecule has 1 saturated heterocycles. The van der Waals surface area contributed by atoms with Gasteiger partial charge in [-0.05, 0) is 31.7 Å². The Morgan fingerprint density at radius 3 is 2.72 bits per heavy atom. The molecule has 1 aromatic carbocycles. The molecule has 0 spiro atoms. The van der Waals surface area contributed by atoms with Crippen molar-refractivity contribution in [1.82, 2.24) is 0 Å². The summed E-state index contributed by atoms with van der Waals surface area (Å²) in [5, 5.41) is 0.0728. The lowest BCUT2D eigenvalue weighted by atomic mass is 10.0. The number of hydrogen-bond acceptors (Lipinski definition) is 1. The van der Waals surface area contributed by atoms with Crippen molar-refractivity contribution in [1.29, 1.82) is 0 Å². The maximum Gasteiger partial charge on any atom is 0.0661 e. The van der Waals surface area contributed by atoms with Crippen molar-refractivity contribution in [3.8, 4) is 0 Å². The van der Waals surface area contributed by atoms with Gasteiger partial charge in [0.25, 0.3) is 0 Å². The Hall–Kier alpha value is -1.12. The standard InChI is InChI=1S/C16H22OSi/c1-14(9-10-15-7-3-2-4-8-15)13-16(18)11-5-6-12-17-16/h2-4,7-10,13H,5-6,11-12H2,1,18H3. The van der Waals surface area contributed by atoms with Crippen LogP contribution in [0.4, 0.5) is 0 Å². The summed E-state index contributed by atoms with van der Waals surface area (Å²) in [6.45, 7) is 3.09. The van der Waals surface area contributed by atoms with Crippen molar-refractivity contribution in [3.63, 3.8) is 0 Å². The monoisotopic (exact) mass is 258 g/mol. The van der Waals surface area contributed by atoms with Gasteiger partial charge in [0.15, 0.2) is 0 Å². The van der Waals surface area contributed by atoms with E-state index in [1.54, 1.807) is 0 Å². The van der Waals surface area contributed by atoms with E-state index < -0.39 is 0 Å². The molecule has 0 amide bonds. The minimum atomic E-state index is 0.0728. The summed E-state index contributed by atoms with van der Waals surface area (Å²) >= 11 is 0. The second-order valence-corrected chi connectivity index (χ2v) is 6.94. The van der Waals surface area contributed by atoms with Crippen molar-refractivity contribution >= 4 is 16.3 Å². The Kier molecular flexibility index (Phi) is 4.56. The zero-order chi connectivity index (χ0) is 12.8. The summed E-state index contributed by atoms with van der Waals surface area (Å²) in [4.78, 5) is 0. The number of rotatable bonds is 3. The van der Waals surface area contributed by atoms with Crippen LogP contribution in [0.3, 0.4) is 0 Å². The van der Waals surface area contributed by atoms with Gasteiger partial charge in [0, 0.05) is 16.8 Å². The summed E-state index contributed by atoms with van der Waals surface area (Å²) < 4.78 is 5.94. The van der Waals surface area contributed by atoms with Crippen molar-refractivity contribution < 1.29 is 4.74 Å². The molecule has 0 bridgehead atoms. The third kappa shape index (κ3) is 3.97. The second-order valence-electron chi connectivity index (χ2n) is 5.25. The van der Waals surface area contributed by atoms with Crippen molar-refractivity contribution in [2.24, 2.45) is 0 Å². The van der Waals surface area contributed by atoms with E-state index in [9.17, 15) is 0 Å². The van der Waals surface area contributed by atoms with Crippen molar-refractivity contribution in [2.45, 2.75) is 31.4 Å². The smallest absolute Gasteiger partial charge is 0.0661 e. The third-order valence-corrected chi connectivity index (χ3v) is 4.45. The quantitative estimate of drug-likeness (QED) is 0.598. The van der Waals surface area contributed by atoms with Gasteiger partial charge in [-0.15, -0.1) is 0 Å².